The molecular weight excluding hydrogens is 360 g/mol. The van der Waals surface area contributed by atoms with Gasteiger partial charge in [0.1, 0.15) is 5.70 Å². The molecule has 2 aliphatic rings. The molecule has 0 spiro atoms. The fourth-order valence-corrected chi connectivity index (χ4v) is 4.51. The van der Waals surface area contributed by atoms with Crippen molar-refractivity contribution in [1.82, 2.24) is 9.21 Å². The summed E-state index contributed by atoms with van der Waals surface area (Å²) < 4.78 is 32.2. The Morgan fingerprint density at radius 3 is 2.27 bits per heavy atom. The van der Waals surface area contributed by atoms with Gasteiger partial charge in [0.2, 0.25) is 21.6 Å². The first kappa shape index (κ1) is 18.7. The second-order valence-corrected chi connectivity index (χ2v) is 8.01. The maximum Gasteiger partial charge on any atom is 0.249 e. The number of carbonyl (C=O) groups is 2. The second-order valence-electron chi connectivity index (χ2n) is 6.03. The predicted octanol–water partition coefficient (Wildman–Crippen LogP) is -0.137. The Morgan fingerprint density at radius 2 is 1.69 bits per heavy atom. The first-order chi connectivity index (χ1) is 12.4. The molecule has 0 bridgehead atoms. The number of sulfonamides is 1. The van der Waals surface area contributed by atoms with E-state index in [1.807, 2.05) is 0 Å². The van der Waals surface area contributed by atoms with Crippen molar-refractivity contribution in [1.29, 1.82) is 0 Å². The predicted molar refractivity (Wildman–Crippen MR) is 93.2 cm³/mol. The molecule has 1 aromatic rings. The van der Waals surface area contributed by atoms with Crippen LogP contribution in [0, 0.1) is 0 Å². The molecule has 3 rings (SSSR count). The monoisotopic (exact) mass is 380 g/mol. The highest BCUT2D eigenvalue weighted by molar-refractivity contribution is 7.94. The maximum atomic E-state index is 13.1. The molecule has 1 N–H and O–H groups in total. The van der Waals surface area contributed by atoms with Gasteiger partial charge >= 0.3 is 0 Å². The molecule has 1 saturated heterocycles. The third-order valence-electron chi connectivity index (χ3n) is 4.46. The zero-order valence-electron chi connectivity index (χ0n) is 14.3. The highest BCUT2D eigenvalue weighted by atomic mass is 32.2. The van der Waals surface area contributed by atoms with Crippen LogP contribution in [0.4, 0.5) is 0 Å². The molecule has 1 aliphatic carbocycles. The van der Waals surface area contributed by atoms with Crippen LogP contribution in [0.3, 0.4) is 0 Å². The second kappa shape index (κ2) is 7.28. The number of hydrogen-bond acceptors (Lipinski definition) is 7. The Hall–Kier alpha value is -2.07. The molecule has 1 heterocycles. The number of rotatable bonds is 5. The minimum Gasteiger partial charge on any atom is -0.395 e. The molecule has 1 aliphatic heterocycles. The van der Waals surface area contributed by atoms with Gasteiger partial charge in [0.25, 0.3) is 0 Å². The van der Waals surface area contributed by atoms with Crippen LogP contribution >= 0.6 is 0 Å². The molecular formula is C17H20N2O6S. The first-order valence-corrected chi connectivity index (χ1v) is 9.66. The summed E-state index contributed by atoms with van der Waals surface area (Å²) in [5.74, 6) is -1.19. The quantitative estimate of drug-likeness (QED) is 0.758. The fraction of sp³-hybridized carbons (Fsp3) is 0.412. The molecule has 1 aromatic carbocycles. The average Bonchev–Trinajstić information content (AvgIpc) is 2.65. The van der Waals surface area contributed by atoms with Gasteiger partial charge in [-0.15, -0.1) is 0 Å². The molecule has 0 unspecified atom stereocenters. The SMILES string of the molecule is CN(CCO)S(=O)(=O)C1=C(N2CCOCC2)C(=O)c2ccccc2C1=O. The number of benzene rings is 1. The maximum absolute atomic E-state index is 13.1. The Labute approximate surface area is 151 Å². The number of aliphatic hydroxyl groups is 1. The molecule has 0 aromatic heterocycles. The summed E-state index contributed by atoms with van der Waals surface area (Å²) in [6.45, 7) is 0.747. The number of ether oxygens (including phenoxy) is 1. The Balaban J connectivity index is 2.22. The van der Waals surface area contributed by atoms with E-state index < -0.39 is 33.1 Å². The molecule has 8 nitrogen and oxygen atoms in total. The van der Waals surface area contributed by atoms with Crippen molar-refractivity contribution in [2.24, 2.45) is 0 Å². The highest BCUT2D eigenvalue weighted by Crippen LogP contribution is 2.32. The zero-order valence-corrected chi connectivity index (χ0v) is 15.2. The fourth-order valence-electron chi connectivity index (χ4n) is 3.07. The van der Waals surface area contributed by atoms with Gasteiger partial charge in [-0.2, -0.15) is 4.31 Å². The van der Waals surface area contributed by atoms with Gasteiger partial charge in [0, 0.05) is 37.8 Å². The van der Waals surface area contributed by atoms with Crippen LogP contribution < -0.4 is 0 Å². The van der Waals surface area contributed by atoms with Gasteiger partial charge in [-0.3, -0.25) is 9.59 Å². The van der Waals surface area contributed by atoms with Crippen LogP contribution in [0.1, 0.15) is 20.7 Å². The summed E-state index contributed by atoms with van der Waals surface area (Å²) in [6.07, 6.45) is 0. The highest BCUT2D eigenvalue weighted by Gasteiger charge is 2.42. The van der Waals surface area contributed by atoms with Crippen molar-refractivity contribution in [3.8, 4) is 0 Å². The third-order valence-corrected chi connectivity index (χ3v) is 6.36. The van der Waals surface area contributed by atoms with Gasteiger partial charge in [0.05, 0.1) is 19.8 Å². The molecule has 0 atom stereocenters. The van der Waals surface area contributed by atoms with Gasteiger partial charge in [-0.25, -0.2) is 8.42 Å². The van der Waals surface area contributed by atoms with Crippen molar-refractivity contribution < 1.29 is 27.9 Å². The van der Waals surface area contributed by atoms with Crippen molar-refractivity contribution in [3.63, 3.8) is 0 Å². The normalized spacial score (nSPS) is 18.5. The molecule has 140 valence electrons. The zero-order chi connectivity index (χ0) is 18.9. The van der Waals surface area contributed by atoms with Gasteiger partial charge in [-0.05, 0) is 0 Å². The molecule has 1 fully saturated rings. The smallest absolute Gasteiger partial charge is 0.249 e. The minimum atomic E-state index is -4.25. The van der Waals surface area contributed by atoms with Crippen molar-refractivity contribution in [2.75, 3.05) is 46.5 Å². The third kappa shape index (κ3) is 3.07. The van der Waals surface area contributed by atoms with Crippen LogP contribution in [0.5, 0.6) is 0 Å². The summed E-state index contributed by atoms with van der Waals surface area (Å²) in [5.41, 5.74) is 0.162. The van der Waals surface area contributed by atoms with E-state index >= 15 is 0 Å². The van der Waals surface area contributed by atoms with E-state index in [4.69, 9.17) is 9.84 Å². The topological polar surface area (TPSA) is 104 Å². The number of fused-ring (bicyclic) bond motifs is 1. The van der Waals surface area contributed by atoms with Gasteiger partial charge in [-0.1, -0.05) is 24.3 Å². The van der Waals surface area contributed by atoms with E-state index in [2.05, 4.69) is 0 Å². The summed E-state index contributed by atoms with van der Waals surface area (Å²) in [7, 11) is -2.98. The van der Waals surface area contributed by atoms with Crippen LogP contribution in [0.15, 0.2) is 34.9 Å². The molecule has 26 heavy (non-hydrogen) atoms. The number of morpholine rings is 1. The standard InChI is InChI=1S/C17H20N2O6S/c1-18(6-9-20)26(23,24)17-14(19-7-10-25-11-8-19)15(21)12-4-2-3-5-13(12)16(17)22/h2-5,20H,6-11H2,1H3. The lowest BCUT2D eigenvalue weighted by Gasteiger charge is -2.34. The summed E-state index contributed by atoms with van der Waals surface area (Å²) in [5, 5.41) is 9.09. The number of ketones is 2. The lowest BCUT2D eigenvalue weighted by molar-refractivity contribution is 0.0498. The van der Waals surface area contributed by atoms with Crippen LogP contribution in [-0.4, -0.2) is 80.8 Å². The first-order valence-electron chi connectivity index (χ1n) is 8.22. The van der Waals surface area contributed by atoms with Crippen LogP contribution in [-0.2, 0) is 14.8 Å². The number of carbonyl (C=O) groups excluding carboxylic acids is 2. The molecule has 0 radical (unpaired) electrons. The van der Waals surface area contributed by atoms with Crippen molar-refractivity contribution in [3.05, 3.63) is 46.0 Å². The van der Waals surface area contributed by atoms with E-state index in [1.165, 1.54) is 19.2 Å². The Morgan fingerprint density at radius 1 is 1.12 bits per heavy atom. The lowest BCUT2D eigenvalue weighted by Crippen LogP contribution is -2.44. The number of nitrogens with zero attached hydrogens (tertiary/aromatic N) is 2. The van der Waals surface area contributed by atoms with E-state index in [0.29, 0.717) is 26.3 Å². The summed E-state index contributed by atoms with van der Waals surface area (Å²) in [6, 6.07) is 6.20. The largest absolute Gasteiger partial charge is 0.395 e. The number of aliphatic hydroxyl groups excluding tert-OH is 1. The summed E-state index contributed by atoms with van der Waals surface area (Å²) in [4.78, 5) is 27.2. The van der Waals surface area contributed by atoms with Crippen LogP contribution in [0.2, 0.25) is 0 Å². The van der Waals surface area contributed by atoms with Gasteiger partial charge < -0.3 is 14.7 Å². The Kier molecular flexibility index (Phi) is 5.24. The lowest BCUT2D eigenvalue weighted by atomic mass is 9.91. The molecule has 0 amide bonds. The molecule has 9 heteroatoms. The van der Waals surface area contributed by atoms with E-state index in [9.17, 15) is 18.0 Å². The number of likely N-dealkylation sites (N-methyl/N-ethyl adjacent to an activating group) is 1. The molecule has 0 saturated carbocycles. The number of allylic oxidation sites excluding steroid dienone is 2. The minimum absolute atomic E-state index is 0.0745. The van der Waals surface area contributed by atoms with E-state index in [0.717, 1.165) is 4.31 Å². The average molecular weight is 380 g/mol. The van der Waals surface area contributed by atoms with Gasteiger partial charge in [0.15, 0.2) is 4.91 Å². The van der Waals surface area contributed by atoms with E-state index in [-0.39, 0.29) is 23.4 Å². The van der Waals surface area contributed by atoms with Crippen molar-refractivity contribution in [2.45, 2.75) is 0 Å². The summed E-state index contributed by atoms with van der Waals surface area (Å²) >= 11 is 0. The number of Topliss-reactive ketones (excluding diaryl/α,β-unsaturated/α-hetero) is 2. The Bertz CT molecular complexity index is 871. The van der Waals surface area contributed by atoms with Crippen molar-refractivity contribution >= 4 is 21.6 Å². The van der Waals surface area contributed by atoms with E-state index in [1.54, 1.807) is 17.0 Å². The number of hydrogen-bond donors (Lipinski definition) is 1. The van der Waals surface area contributed by atoms with Crippen LogP contribution in [0.25, 0.3) is 0 Å².